The van der Waals surface area contributed by atoms with Gasteiger partial charge in [-0.15, -0.1) is 5.06 Å². The highest BCUT2D eigenvalue weighted by atomic mass is 16.7. The molecule has 0 aromatic heterocycles. The van der Waals surface area contributed by atoms with Crippen LogP contribution < -0.4 is 0 Å². The maximum absolute atomic E-state index is 12.6. The first-order valence-corrected chi connectivity index (χ1v) is 9.35. The average Bonchev–Trinajstić information content (AvgIpc) is 3.01. The highest BCUT2D eigenvalue weighted by molar-refractivity contribution is 6.41. The van der Waals surface area contributed by atoms with Crippen molar-refractivity contribution in [3.8, 4) is 0 Å². The van der Waals surface area contributed by atoms with Gasteiger partial charge in [-0.1, -0.05) is 36.4 Å². The van der Waals surface area contributed by atoms with E-state index in [1.807, 2.05) is 24.3 Å². The summed E-state index contributed by atoms with van der Waals surface area (Å²) in [7, 11) is 0. The number of rotatable bonds is 6. The number of carbonyl (C=O) groups excluding carboxylic acids is 4. The van der Waals surface area contributed by atoms with Crippen LogP contribution in [0.25, 0.3) is 10.8 Å². The predicted molar refractivity (Wildman–Crippen MR) is 107 cm³/mol. The molecule has 0 aliphatic carbocycles. The minimum absolute atomic E-state index is 0.0685. The van der Waals surface area contributed by atoms with E-state index in [0.29, 0.717) is 10.6 Å². The van der Waals surface area contributed by atoms with Gasteiger partial charge in [0.05, 0.1) is 17.7 Å². The molecule has 2 amide bonds. The number of hydrogen-bond donors (Lipinski definition) is 0. The van der Waals surface area contributed by atoms with Crippen molar-refractivity contribution in [3.05, 3.63) is 82.9 Å². The molecule has 0 saturated heterocycles. The molecular weight excluding hydrogens is 386 g/mol. The molecule has 0 spiro atoms. The largest absolute Gasteiger partial charge is 0.460 e. The van der Waals surface area contributed by atoms with Gasteiger partial charge in [-0.3, -0.25) is 19.2 Å². The van der Waals surface area contributed by atoms with Crippen LogP contribution in [0.1, 0.15) is 43.6 Å². The van der Waals surface area contributed by atoms with Gasteiger partial charge in [0.25, 0.3) is 17.6 Å². The van der Waals surface area contributed by atoms with Crippen LogP contribution in [0.2, 0.25) is 0 Å². The number of ketones is 1. The van der Waals surface area contributed by atoms with Crippen LogP contribution in [0.5, 0.6) is 0 Å². The van der Waals surface area contributed by atoms with Crippen molar-refractivity contribution in [1.29, 1.82) is 0 Å². The fraction of sp³-hybridized carbons (Fsp3) is 0.130. The second-order valence-electron chi connectivity index (χ2n) is 6.63. The van der Waals surface area contributed by atoms with Gasteiger partial charge in [-0.2, -0.15) is 0 Å². The number of fused-ring (bicyclic) bond motifs is 2. The Bertz CT molecular complexity index is 1160. The quantitative estimate of drug-likeness (QED) is 0.271. The molecule has 1 aliphatic rings. The van der Waals surface area contributed by atoms with E-state index in [4.69, 9.17) is 9.57 Å². The zero-order valence-electron chi connectivity index (χ0n) is 16.1. The van der Waals surface area contributed by atoms with Gasteiger partial charge in [-0.05, 0) is 47.5 Å². The molecule has 0 radical (unpaired) electrons. The first-order valence-electron chi connectivity index (χ1n) is 9.35. The maximum Gasteiger partial charge on any atom is 0.379 e. The minimum atomic E-state index is -0.977. The summed E-state index contributed by atoms with van der Waals surface area (Å²) in [4.78, 5) is 55.1. The van der Waals surface area contributed by atoms with Crippen LogP contribution in [-0.4, -0.2) is 35.2 Å². The van der Waals surface area contributed by atoms with Crippen LogP contribution in [0, 0.1) is 0 Å². The number of Topliss-reactive ketones (excluding diaryl/α,β-unsaturated/α-hetero) is 1. The van der Waals surface area contributed by atoms with Gasteiger partial charge < -0.3 is 4.74 Å². The number of imide groups is 1. The lowest BCUT2D eigenvalue weighted by molar-refractivity contribution is -0.137. The number of carbonyl (C=O) groups is 4. The number of hydrogen-bond acceptors (Lipinski definition) is 6. The average molecular weight is 403 g/mol. The molecule has 7 heteroatoms. The number of amides is 2. The van der Waals surface area contributed by atoms with E-state index in [0.717, 1.165) is 10.8 Å². The first kappa shape index (κ1) is 19.5. The smallest absolute Gasteiger partial charge is 0.379 e. The second kappa shape index (κ2) is 7.88. The van der Waals surface area contributed by atoms with Gasteiger partial charge in [-0.25, -0.2) is 4.79 Å². The molecule has 0 bridgehead atoms. The van der Waals surface area contributed by atoms with Gasteiger partial charge in [0.1, 0.15) is 6.61 Å². The summed E-state index contributed by atoms with van der Waals surface area (Å²) in [6, 6.07) is 17.0. The lowest BCUT2D eigenvalue weighted by Crippen LogP contribution is -2.30. The minimum Gasteiger partial charge on any atom is -0.460 e. The number of nitrogens with zero attached hydrogens (tertiary/aromatic N) is 1. The Morgan fingerprint density at radius 1 is 0.867 bits per heavy atom. The number of ether oxygens (including phenoxy) is 1. The van der Waals surface area contributed by atoms with Crippen molar-refractivity contribution in [1.82, 2.24) is 5.06 Å². The van der Waals surface area contributed by atoms with Crippen molar-refractivity contribution < 1.29 is 28.8 Å². The predicted octanol–water partition coefficient (Wildman–Crippen LogP) is 3.31. The van der Waals surface area contributed by atoms with E-state index >= 15 is 0 Å². The highest BCUT2D eigenvalue weighted by Crippen LogP contribution is 2.26. The molecule has 3 aromatic rings. The van der Waals surface area contributed by atoms with Crippen molar-refractivity contribution in [2.45, 2.75) is 13.5 Å². The normalized spacial score (nSPS) is 12.9. The van der Waals surface area contributed by atoms with E-state index < -0.39 is 23.6 Å². The summed E-state index contributed by atoms with van der Waals surface area (Å²) in [5.41, 5.74) is 0.972. The van der Waals surface area contributed by atoms with E-state index in [-0.39, 0.29) is 29.9 Å². The molecule has 0 saturated carbocycles. The number of esters is 1. The summed E-state index contributed by atoms with van der Waals surface area (Å²) in [6.45, 7) is 1.42. The van der Waals surface area contributed by atoms with Crippen molar-refractivity contribution in [3.63, 3.8) is 0 Å². The molecule has 3 aromatic carbocycles. The maximum atomic E-state index is 12.6. The third-order valence-corrected chi connectivity index (χ3v) is 4.78. The third-order valence-electron chi connectivity index (χ3n) is 4.78. The monoisotopic (exact) mass is 403 g/mol. The summed E-state index contributed by atoms with van der Waals surface area (Å²) in [5, 5.41) is 2.26. The van der Waals surface area contributed by atoms with E-state index in [2.05, 4.69) is 0 Å². The van der Waals surface area contributed by atoms with Crippen molar-refractivity contribution in [2.75, 3.05) is 6.61 Å². The van der Waals surface area contributed by atoms with Gasteiger partial charge in [0, 0.05) is 5.56 Å². The van der Waals surface area contributed by atoms with Gasteiger partial charge >= 0.3 is 5.97 Å². The Morgan fingerprint density at radius 3 is 2.03 bits per heavy atom. The van der Waals surface area contributed by atoms with Crippen LogP contribution in [0.3, 0.4) is 0 Å². The van der Waals surface area contributed by atoms with E-state index in [1.165, 1.54) is 0 Å². The summed E-state index contributed by atoms with van der Waals surface area (Å²) < 4.78 is 4.83. The fourth-order valence-corrected chi connectivity index (χ4v) is 3.34. The van der Waals surface area contributed by atoms with E-state index in [9.17, 15) is 19.2 Å². The molecule has 4 rings (SSSR count). The Kier molecular flexibility index (Phi) is 5.12. The molecule has 0 unspecified atom stereocenters. The first-order chi connectivity index (χ1) is 14.5. The zero-order chi connectivity index (χ0) is 21.3. The topological polar surface area (TPSA) is 90.0 Å². The molecule has 30 heavy (non-hydrogen) atoms. The highest BCUT2D eigenvalue weighted by Gasteiger charge is 2.36. The Balaban J connectivity index is 1.66. The molecule has 7 nitrogen and oxygen atoms in total. The Hall–Kier alpha value is -3.84. The van der Waals surface area contributed by atoms with Crippen LogP contribution in [0.15, 0.2) is 60.7 Å². The molecular formula is C23H17NO6. The second-order valence-corrected chi connectivity index (χ2v) is 6.63. The number of hydroxylamine groups is 2. The lowest BCUT2D eigenvalue weighted by atomic mass is 9.98. The van der Waals surface area contributed by atoms with Gasteiger partial charge in [0.2, 0.25) is 0 Å². The van der Waals surface area contributed by atoms with Crippen LogP contribution in [0.4, 0.5) is 0 Å². The van der Waals surface area contributed by atoms with Crippen molar-refractivity contribution in [2.24, 2.45) is 0 Å². The lowest BCUT2D eigenvalue weighted by Gasteiger charge is -2.16. The van der Waals surface area contributed by atoms with E-state index in [1.54, 1.807) is 43.3 Å². The van der Waals surface area contributed by atoms with Crippen LogP contribution >= 0.6 is 0 Å². The fourth-order valence-electron chi connectivity index (χ4n) is 3.34. The Labute approximate surface area is 171 Å². The van der Waals surface area contributed by atoms with Crippen LogP contribution in [-0.2, 0) is 21.0 Å². The SMILES string of the molecule is CCOC(=O)C(=O)c1cc2ccccc2cc1CON1C(=O)c2ccccc2C1=O. The Morgan fingerprint density at radius 2 is 1.43 bits per heavy atom. The summed E-state index contributed by atoms with van der Waals surface area (Å²) >= 11 is 0. The molecule has 1 aliphatic heterocycles. The van der Waals surface area contributed by atoms with Gasteiger partial charge in [0.15, 0.2) is 0 Å². The molecule has 0 fully saturated rings. The zero-order valence-corrected chi connectivity index (χ0v) is 16.1. The molecule has 1 heterocycles. The van der Waals surface area contributed by atoms with Crippen molar-refractivity contribution >= 4 is 34.3 Å². The molecule has 0 N–H and O–H groups in total. The molecule has 150 valence electrons. The summed E-state index contributed by atoms with van der Waals surface area (Å²) in [5.74, 6) is -2.94. The standard InChI is InChI=1S/C23H17NO6/c1-2-29-23(28)20(25)19-12-15-8-4-3-7-14(15)11-16(19)13-30-24-21(26)17-9-5-6-10-18(17)22(24)27/h3-12H,2,13H2,1H3. The summed E-state index contributed by atoms with van der Waals surface area (Å²) in [6.07, 6.45) is 0. The number of benzene rings is 3. The third kappa shape index (κ3) is 3.35. The molecule has 0 atom stereocenters.